The van der Waals surface area contributed by atoms with Crippen LogP contribution in [-0.4, -0.2) is 45.2 Å². The Morgan fingerprint density at radius 2 is 0.865 bits per heavy atom. The fraction of sp³-hybridized carbons (Fsp3) is 1.00. The molecule has 37 heavy (non-hydrogen) atoms. The van der Waals surface area contributed by atoms with Crippen molar-refractivity contribution in [2.75, 3.05) is 32.0 Å². The van der Waals surface area contributed by atoms with E-state index in [2.05, 4.69) is 45.2 Å². The maximum atomic E-state index is 6.72. The number of hydrogen-bond donors (Lipinski definition) is 1. The molecule has 0 spiro atoms. The van der Waals surface area contributed by atoms with Gasteiger partial charge in [-0.2, -0.15) is 12.6 Å². The van der Waals surface area contributed by atoms with E-state index >= 15 is 0 Å². The second-order valence-corrected chi connectivity index (χ2v) is 16.8. The van der Waals surface area contributed by atoms with Gasteiger partial charge in [0, 0.05) is 13.2 Å². The van der Waals surface area contributed by atoms with E-state index in [0.29, 0.717) is 0 Å². The molecule has 0 aliphatic heterocycles. The first-order chi connectivity index (χ1) is 18.2. The molecule has 0 saturated heterocycles. The molecule has 0 bridgehead atoms. The molecule has 0 aliphatic rings. The zero-order valence-corrected chi connectivity index (χ0v) is 28.2. The molecule has 0 heterocycles. The Kier molecular flexibility index (Phi) is 29.9. The van der Waals surface area contributed by atoms with Gasteiger partial charge in [0.05, 0.1) is 0 Å². The van der Waals surface area contributed by atoms with E-state index in [0.717, 1.165) is 18.9 Å². The van der Waals surface area contributed by atoms with Crippen LogP contribution in [0.4, 0.5) is 0 Å². The van der Waals surface area contributed by atoms with Crippen molar-refractivity contribution in [3.05, 3.63) is 0 Å². The summed E-state index contributed by atoms with van der Waals surface area (Å²) >= 11 is 4.47. The molecule has 0 N–H and O–H groups in total. The number of unbranched alkanes of at least 4 members (excludes halogenated alkanes) is 18. The van der Waals surface area contributed by atoms with Crippen LogP contribution in [0.2, 0.25) is 18.1 Å². The highest BCUT2D eigenvalue weighted by molar-refractivity contribution is 7.80. The van der Waals surface area contributed by atoms with E-state index < -0.39 is 8.32 Å². The van der Waals surface area contributed by atoms with Gasteiger partial charge in [0.1, 0.15) is 0 Å². The quantitative estimate of drug-likeness (QED) is 0.0517. The van der Waals surface area contributed by atoms with Crippen LogP contribution in [0, 0.1) is 0 Å². The van der Waals surface area contributed by atoms with Gasteiger partial charge in [-0.25, -0.2) is 0 Å². The molecule has 0 radical (unpaired) electrons. The topological polar surface area (TPSA) is 12.5 Å². The molecule has 0 aromatic heterocycles. The zero-order chi connectivity index (χ0) is 27.3. The molecule has 0 aliphatic carbocycles. The lowest BCUT2D eigenvalue weighted by atomic mass is 10.1. The monoisotopic (exact) mass is 558 g/mol. The number of rotatable bonds is 31. The Balaban J connectivity index is 4.24. The highest BCUT2D eigenvalue weighted by atomic mass is 32.1. The Labute approximate surface area is 242 Å². The molecule has 0 fully saturated rings. The van der Waals surface area contributed by atoms with Crippen molar-refractivity contribution in [1.82, 2.24) is 4.90 Å². The molecule has 224 valence electrons. The van der Waals surface area contributed by atoms with Gasteiger partial charge in [-0.3, -0.25) is 0 Å². The van der Waals surface area contributed by atoms with Crippen LogP contribution < -0.4 is 0 Å². The van der Waals surface area contributed by atoms with Gasteiger partial charge < -0.3 is 9.33 Å². The van der Waals surface area contributed by atoms with Gasteiger partial charge in [-0.15, -0.1) is 0 Å². The molecule has 0 saturated carbocycles. The van der Waals surface area contributed by atoms with Crippen molar-refractivity contribution >= 4 is 20.9 Å². The molecule has 4 heteroatoms. The summed E-state index contributed by atoms with van der Waals surface area (Å²) < 4.78 is 6.72. The average Bonchev–Trinajstić information content (AvgIpc) is 2.92. The molecular weight excluding hydrogens is 487 g/mol. The third kappa shape index (κ3) is 24.0. The lowest BCUT2D eigenvalue weighted by Crippen LogP contribution is -2.40. The van der Waals surface area contributed by atoms with Crippen LogP contribution in [0.3, 0.4) is 0 Å². The van der Waals surface area contributed by atoms with E-state index in [4.69, 9.17) is 4.43 Å². The number of nitrogens with zero attached hydrogens (tertiary/aromatic N) is 1. The predicted molar refractivity (Wildman–Crippen MR) is 176 cm³/mol. The van der Waals surface area contributed by atoms with Crippen molar-refractivity contribution in [3.8, 4) is 0 Å². The van der Waals surface area contributed by atoms with Crippen molar-refractivity contribution in [2.24, 2.45) is 0 Å². The summed E-state index contributed by atoms with van der Waals surface area (Å²) in [7, 11) is -1.54. The summed E-state index contributed by atoms with van der Waals surface area (Å²) in [6, 6.07) is 3.81. The second-order valence-electron chi connectivity index (χ2n) is 11.8. The van der Waals surface area contributed by atoms with Gasteiger partial charge in [-0.1, -0.05) is 143 Å². The van der Waals surface area contributed by atoms with Crippen LogP contribution in [0.25, 0.3) is 0 Å². The predicted octanol–water partition coefficient (Wildman–Crippen LogP) is 11.5. The fourth-order valence-corrected chi connectivity index (χ4v) is 9.21. The number of thiol groups is 1. The van der Waals surface area contributed by atoms with Crippen molar-refractivity contribution in [2.45, 2.75) is 181 Å². The number of hydrogen-bond acceptors (Lipinski definition) is 3. The summed E-state index contributed by atoms with van der Waals surface area (Å²) in [4.78, 5) is 2.75. The van der Waals surface area contributed by atoms with Crippen molar-refractivity contribution in [3.63, 3.8) is 0 Å². The highest BCUT2D eigenvalue weighted by Gasteiger charge is 2.30. The Hall–Kier alpha value is 0.487. The Morgan fingerprint density at radius 1 is 0.486 bits per heavy atom. The van der Waals surface area contributed by atoms with E-state index in [1.165, 1.54) is 166 Å². The molecule has 0 aromatic rings. The first-order valence-electron chi connectivity index (χ1n) is 17.1. The second kappa shape index (κ2) is 29.5. The fourth-order valence-electron chi connectivity index (χ4n) is 5.65. The smallest absolute Gasteiger partial charge is 0.192 e. The molecule has 0 amide bonds. The zero-order valence-electron chi connectivity index (χ0n) is 26.3. The minimum atomic E-state index is -1.54. The first kappa shape index (κ1) is 37.5. The van der Waals surface area contributed by atoms with E-state index in [9.17, 15) is 0 Å². The van der Waals surface area contributed by atoms with Gasteiger partial charge >= 0.3 is 0 Å². The van der Waals surface area contributed by atoms with Crippen LogP contribution in [-0.2, 0) is 4.43 Å². The summed E-state index contributed by atoms with van der Waals surface area (Å²) in [6.45, 7) is 14.0. The standard InChI is InChI=1S/C33H71NOSSi/c1-5-9-11-13-15-17-19-21-23-25-28-34(29-26-24-22-20-18-16-14-12-10-6-2)30-31-35-37(7-3,8-4)33-27-32-36/h36H,5-33H2,1-4H3. The summed E-state index contributed by atoms with van der Waals surface area (Å²) in [6.07, 6.45) is 29.7. The van der Waals surface area contributed by atoms with Crippen LogP contribution in [0.1, 0.15) is 163 Å². The van der Waals surface area contributed by atoms with Crippen LogP contribution in [0.5, 0.6) is 0 Å². The normalized spacial score (nSPS) is 12.2. The molecule has 0 rings (SSSR count). The lowest BCUT2D eigenvalue weighted by Gasteiger charge is -2.31. The first-order valence-corrected chi connectivity index (χ1v) is 20.3. The van der Waals surface area contributed by atoms with Crippen molar-refractivity contribution in [1.29, 1.82) is 0 Å². The third-order valence-corrected chi connectivity index (χ3v) is 13.5. The minimum Gasteiger partial charge on any atom is -0.416 e. The lowest BCUT2D eigenvalue weighted by molar-refractivity contribution is 0.195. The van der Waals surface area contributed by atoms with Gasteiger partial charge in [0.2, 0.25) is 0 Å². The van der Waals surface area contributed by atoms with E-state index in [1.54, 1.807) is 0 Å². The van der Waals surface area contributed by atoms with Crippen molar-refractivity contribution < 1.29 is 4.43 Å². The largest absolute Gasteiger partial charge is 0.416 e. The van der Waals surface area contributed by atoms with Crippen LogP contribution >= 0.6 is 12.6 Å². The van der Waals surface area contributed by atoms with Gasteiger partial charge in [-0.05, 0) is 56.2 Å². The summed E-state index contributed by atoms with van der Waals surface area (Å²) in [5.41, 5.74) is 0. The molecule has 2 nitrogen and oxygen atoms in total. The molecule has 0 atom stereocenters. The third-order valence-electron chi connectivity index (χ3n) is 8.55. The molecule has 0 unspecified atom stereocenters. The molecule has 0 aromatic carbocycles. The Bertz CT molecular complexity index is 409. The Morgan fingerprint density at radius 3 is 1.22 bits per heavy atom. The maximum Gasteiger partial charge on any atom is 0.192 e. The van der Waals surface area contributed by atoms with E-state index in [1.807, 2.05) is 0 Å². The van der Waals surface area contributed by atoms with Gasteiger partial charge in [0.15, 0.2) is 8.32 Å². The van der Waals surface area contributed by atoms with Crippen LogP contribution in [0.15, 0.2) is 0 Å². The summed E-state index contributed by atoms with van der Waals surface area (Å²) in [5, 5.41) is 0. The SMILES string of the molecule is CCCCCCCCCCCCN(CCCCCCCCCCCC)CCO[Si](CC)(CC)CCCS. The summed E-state index contributed by atoms with van der Waals surface area (Å²) in [5.74, 6) is 1.00. The van der Waals surface area contributed by atoms with E-state index in [-0.39, 0.29) is 0 Å². The van der Waals surface area contributed by atoms with Gasteiger partial charge in [0.25, 0.3) is 0 Å². The maximum absolute atomic E-state index is 6.72. The minimum absolute atomic E-state index is 0.954. The highest BCUT2D eigenvalue weighted by Crippen LogP contribution is 2.24. The average molecular weight is 558 g/mol. The molecular formula is C33H71NOSSi.